The average Bonchev–Trinajstić information content (AvgIpc) is 3.31. The zero-order chi connectivity index (χ0) is 37.1. The first kappa shape index (κ1) is 42.2. The molecule has 0 aromatic heterocycles. The Labute approximate surface area is 298 Å². The molecule has 0 spiro atoms. The summed E-state index contributed by atoms with van der Waals surface area (Å²) in [5.41, 5.74) is 1.29. The molecule has 1 saturated heterocycles. The number of hydrogen-bond donors (Lipinski definition) is 3. The van der Waals surface area contributed by atoms with E-state index in [9.17, 15) is 28.8 Å². The molecule has 1 heterocycles. The molecule has 50 heavy (non-hydrogen) atoms. The summed E-state index contributed by atoms with van der Waals surface area (Å²) in [4.78, 5) is 74.6. The van der Waals surface area contributed by atoms with Crippen molar-refractivity contribution in [3.63, 3.8) is 0 Å². The van der Waals surface area contributed by atoms with E-state index >= 15 is 0 Å². The first-order chi connectivity index (χ1) is 23.8. The Morgan fingerprint density at radius 3 is 1.88 bits per heavy atom. The first-order valence-electron chi connectivity index (χ1n) is 17.1. The number of anilines is 1. The Balaban J connectivity index is 0. The van der Waals surface area contributed by atoms with Crippen LogP contribution in [0.1, 0.15) is 64.2 Å². The third-order valence-electron chi connectivity index (χ3n) is 7.61. The number of ether oxygens (including phenoxy) is 5. The van der Waals surface area contributed by atoms with Gasteiger partial charge in [-0.25, -0.2) is 0 Å². The number of rotatable bonds is 24. The van der Waals surface area contributed by atoms with Crippen LogP contribution in [0.4, 0.5) is 5.69 Å². The highest BCUT2D eigenvalue weighted by Crippen LogP contribution is 2.18. The predicted octanol–water partition coefficient (Wildman–Crippen LogP) is 2.56. The Morgan fingerprint density at radius 2 is 1.36 bits per heavy atom. The van der Waals surface area contributed by atoms with Crippen molar-refractivity contribution >= 4 is 41.2 Å². The Kier molecular flexibility index (Phi) is 19.2. The van der Waals surface area contributed by atoms with Crippen LogP contribution in [-0.4, -0.2) is 112 Å². The van der Waals surface area contributed by atoms with Gasteiger partial charge in [-0.2, -0.15) is 0 Å². The summed E-state index contributed by atoms with van der Waals surface area (Å²) in [5, 5.41) is 8.12. The van der Waals surface area contributed by atoms with Crippen LogP contribution < -0.4 is 16.0 Å². The number of nitrogens with one attached hydrogen (secondary N) is 3. The highest BCUT2D eigenvalue weighted by atomic mass is 16.6. The molecule has 1 aliphatic rings. The first-order valence-corrected chi connectivity index (χ1v) is 17.1. The predicted molar refractivity (Wildman–Crippen MR) is 189 cm³/mol. The van der Waals surface area contributed by atoms with E-state index in [1.165, 1.54) is 4.90 Å². The van der Waals surface area contributed by atoms with Crippen molar-refractivity contribution in [2.75, 3.05) is 64.7 Å². The zero-order valence-electron chi connectivity index (χ0n) is 30.1. The third kappa shape index (κ3) is 15.7. The SMILES string of the molecule is CC(C)C(=O)OCc1ccc(NC(=O)[C@H](C)NC(=O)[C@@H](NC(=O)CCOCCOCCOCCOCCN2C(=O)CC(C)C2=O)C(C)C)cc1.[HH].[HH].[HH]. The largest absolute Gasteiger partial charge is 0.461 e. The van der Waals surface area contributed by atoms with Crippen LogP contribution >= 0.6 is 0 Å². The molecule has 0 saturated carbocycles. The van der Waals surface area contributed by atoms with Gasteiger partial charge in [0.15, 0.2) is 0 Å². The number of hydrogen-bond acceptors (Lipinski definition) is 11. The summed E-state index contributed by atoms with van der Waals surface area (Å²) in [6.07, 6.45) is 0.300. The molecule has 0 aliphatic carbocycles. The van der Waals surface area contributed by atoms with Gasteiger partial charge in [0.2, 0.25) is 29.5 Å². The Bertz CT molecular complexity index is 1270. The van der Waals surface area contributed by atoms with E-state index < -0.39 is 23.9 Å². The number of nitrogens with zero attached hydrogens (tertiary/aromatic N) is 1. The van der Waals surface area contributed by atoms with Crippen molar-refractivity contribution in [3.8, 4) is 0 Å². The minimum absolute atomic E-state index is 0. The molecular weight excluding hydrogens is 652 g/mol. The fraction of sp³-hybridized carbons (Fsp3) is 0.657. The fourth-order valence-corrected chi connectivity index (χ4v) is 4.57. The maximum atomic E-state index is 12.9. The second-order valence-corrected chi connectivity index (χ2v) is 12.7. The number of esters is 1. The van der Waals surface area contributed by atoms with Crippen molar-refractivity contribution < 1.29 is 56.7 Å². The monoisotopic (exact) mass is 712 g/mol. The van der Waals surface area contributed by atoms with E-state index in [2.05, 4.69) is 16.0 Å². The number of carbonyl (C=O) groups excluding carboxylic acids is 6. The van der Waals surface area contributed by atoms with Crippen molar-refractivity contribution in [1.82, 2.24) is 15.5 Å². The van der Waals surface area contributed by atoms with Crippen molar-refractivity contribution in [3.05, 3.63) is 29.8 Å². The summed E-state index contributed by atoms with van der Waals surface area (Å²) >= 11 is 0. The van der Waals surface area contributed by atoms with Crippen LogP contribution in [-0.2, 0) is 59.1 Å². The van der Waals surface area contributed by atoms with E-state index in [0.29, 0.717) is 38.7 Å². The second kappa shape index (κ2) is 22.7. The molecule has 1 fully saturated rings. The van der Waals surface area contributed by atoms with Gasteiger partial charge in [0.05, 0.1) is 65.3 Å². The third-order valence-corrected chi connectivity index (χ3v) is 7.61. The quantitative estimate of drug-likeness (QED) is 0.0812. The summed E-state index contributed by atoms with van der Waals surface area (Å²) < 4.78 is 27.0. The molecular formula is C35H60N4O11. The Morgan fingerprint density at radius 1 is 0.800 bits per heavy atom. The number of benzene rings is 1. The van der Waals surface area contributed by atoms with Gasteiger partial charge < -0.3 is 39.6 Å². The molecule has 0 radical (unpaired) electrons. The van der Waals surface area contributed by atoms with E-state index in [0.717, 1.165) is 5.56 Å². The molecule has 3 N–H and O–H groups in total. The molecule has 1 aromatic carbocycles. The normalized spacial score (nSPS) is 15.7. The maximum Gasteiger partial charge on any atom is 0.308 e. The van der Waals surface area contributed by atoms with Gasteiger partial charge in [0.1, 0.15) is 18.7 Å². The van der Waals surface area contributed by atoms with Gasteiger partial charge in [-0.05, 0) is 30.5 Å². The van der Waals surface area contributed by atoms with E-state index in [-0.39, 0.29) is 91.5 Å². The number of likely N-dealkylation sites (tertiary alicyclic amines) is 1. The smallest absolute Gasteiger partial charge is 0.308 e. The van der Waals surface area contributed by atoms with E-state index in [1.807, 2.05) is 0 Å². The second-order valence-electron chi connectivity index (χ2n) is 12.7. The maximum absolute atomic E-state index is 12.9. The van der Waals surface area contributed by atoms with Crippen LogP contribution in [0, 0.1) is 17.8 Å². The number of carbonyl (C=O) groups is 6. The molecule has 15 nitrogen and oxygen atoms in total. The van der Waals surface area contributed by atoms with E-state index in [4.69, 9.17) is 23.7 Å². The van der Waals surface area contributed by atoms with Gasteiger partial charge in [-0.1, -0.05) is 46.8 Å². The minimum atomic E-state index is -0.871. The topological polar surface area (TPSA) is 188 Å². The summed E-state index contributed by atoms with van der Waals surface area (Å²) in [6.45, 7) is 13.2. The molecule has 15 heteroatoms. The Hall–Kier alpha value is -3.92. The highest BCUT2D eigenvalue weighted by molar-refractivity contribution is 6.03. The average molecular weight is 713 g/mol. The lowest BCUT2D eigenvalue weighted by Crippen LogP contribution is -2.53. The highest BCUT2D eigenvalue weighted by Gasteiger charge is 2.35. The molecule has 1 aliphatic heterocycles. The number of amides is 5. The molecule has 1 unspecified atom stereocenters. The fourth-order valence-electron chi connectivity index (χ4n) is 4.57. The molecule has 1 aromatic rings. The van der Waals surface area contributed by atoms with Gasteiger partial charge in [-0.15, -0.1) is 0 Å². The van der Waals surface area contributed by atoms with Crippen LogP contribution in [0.5, 0.6) is 0 Å². The minimum Gasteiger partial charge on any atom is -0.461 e. The molecule has 2 rings (SSSR count). The van der Waals surface area contributed by atoms with Crippen LogP contribution in [0.15, 0.2) is 24.3 Å². The molecule has 286 valence electrons. The van der Waals surface area contributed by atoms with Gasteiger partial charge in [-0.3, -0.25) is 33.7 Å². The van der Waals surface area contributed by atoms with E-state index in [1.54, 1.807) is 65.8 Å². The summed E-state index contributed by atoms with van der Waals surface area (Å²) in [5.74, 6) is -2.59. The molecule has 3 atom stereocenters. The van der Waals surface area contributed by atoms with Gasteiger partial charge >= 0.3 is 5.97 Å². The van der Waals surface area contributed by atoms with Crippen molar-refractivity contribution in [2.45, 2.75) is 73.1 Å². The zero-order valence-corrected chi connectivity index (χ0v) is 30.1. The molecule has 5 amide bonds. The standard InChI is InChI=1S/C35H54N4O11.3H2/c1-23(2)31(33(43)36-26(6)32(42)37-28-9-7-27(8-10-28)22-50-35(45)24(3)4)38-29(40)11-13-46-15-17-48-19-20-49-18-16-47-14-12-39-30(41)21-25(5)34(39)44;;;/h7-10,23-26,31H,11-22H2,1-6H3,(H,36,43)(H,37,42)(H,38,40);3*1H/t25?,26-,31-;;;/m0.../s1. The van der Waals surface area contributed by atoms with Crippen molar-refractivity contribution in [1.29, 1.82) is 0 Å². The van der Waals surface area contributed by atoms with Crippen molar-refractivity contribution in [2.24, 2.45) is 17.8 Å². The van der Waals surface area contributed by atoms with Gasteiger partial charge in [0, 0.05) is 28.7 Å². The lowest BCUT2D eigenvalue weighted by Gasteiger charge is -2.24. The lowest BCUT2D eigenvalue weighted by molar-refractivity contribution is -0.148. The summed E-state index contributed by atoms with van der Waals surface area (Å²) in [6, 6.07) is 5.12. The van der Waals surface area contributed by atoms with Crippen LogP contribution in [0.2, 0.25) is 0 Å². The molecule has 0 bridgehead atoms. The summed E-state index contributed by atoms with van der Waals surface area (Å²) in [7, 11) is 0. The van der Waals surface area contributed by atoms with Gasteiger partial charge in [0.25, 0.3) is 0 Å². The lowest BCUT2D eigenvalue weighted by atomic mass is 10.0. The van der Waals surface area contributed by atoms with Crippen LogP contribution in [0.3, 0.4) is 0 Å². The van der Waals surface area contributed by atoms with Crippen LogP contribution in [0.25, 0.3) is 0 Å². The number of imide groups is 1.